The number of nitrogens with two attached hydrogens (primary N) is 1. The molecule has 0 radical (unpaired) electrons. The molecule has 7 nitrogen and oxygen atoms in total. The van der Waals surface area contributed by atoms with Crippen molar-refractivity contribution in [2.45, 2.75) is 13.8 Å². The van der Waals surface area contributed by atoms with Crippen LogP contribution in [0.3, 0.4) is 0 Å². The maximum Gasteiger partial charge on any atom is 0.269 e. The third-order valence-electron chi connectivity index (χ3n) is 2.28. The van der Waals surface area contributed by atoms with E-state index in [1.807, 2.05) is 6.92 Å². The van der Waals surface area contributed by atoms with Gasteiger partial charge in [0.05, 0.1) is 0 Å². The van der Waals surface area contributed by atoms with Crippen LogP contribution >= 0.6 is 0 Å². The van der Waals surface area contributed by atoms with Crippen LogP contribution in [0.2, 0.25) is 0 Å². The van der Waals surface area contributed by atoms with Crippen molar-refractivity contribution in [1.29, 1.82) is 0 Å². The molecule has 0 aliphatic heterocycles. The highest BCUT2D eigenvalue weighted by molar-refractivity contribution is 5.92. The van der Waals surface area contributed by atoms with E-state index in [2.05, 4.69) is 25.5 Å². The Bertz CT molecular complexity index is 598. The first-order chi connectivity index (χ1) is 8.56. The maximum atomic E-state index is 11.0. The second kappa shape index (κ2) is 4.74. The van der Waals surface area contributed by atoms with Gasteiger partial charge in [0, 0.05) is 11.8 Å². The fourth-order valence-electron chi connectivity index (χ4n) is 1.44. The molecule has 0 fully saturated rings. The number of hydrogen-bond acceptors (Lipinski definition) is 6. The molecular formula is C11H12N6O. The highest BCUT2D eigenvalue weighted by Gasteiger charge is 2.09. The van der Waals surface area contributed by atoms with E-state index in [0.29, 0.717) is 17.2 Å². The summed E-state index contributed by atoms with van der Waals surface area (Å²) in [5.41, 5.74) is 6.82. The summed E-state index contributed by atoms with van der Waals surface area (Å²) in [6.45, 7) is 3.60. The summed E-state index contributed by atoms with van der Waals surface area (Å²) < 4.78 is 0. The Labute approximate surface area is 103 Å². The van der Waals surface area contributed by atoms with Crippen molar-refractivity contribution < 1.29 is 4.79 Å². The third kappa shape index (κ3) is 2.57. The van der Waals surface area contributed by atoms with Gasteiger partial charge in [-0.05, 0) is 25.5 Å². The molecule has 2 aromatic rings. The van der Waals surface area contributed by atoms with Gasteiger partial charge in [0.2, 0.25) is 0 Å². The van der Waals surface area contributed by atoms with Gasteiger partial charge in [0.1, 0.15) is 12.1 Å². The van der Waals surface area contributed by atoms with Crippen molar-refractivity contribution in [3.05, 3.63) is 35.4 Å². The Morgan fingerprint density at radius 2 is 1.94 bits per heavy atom. The first kappa shape index (κ1) is 11.9. The molecule has 2 rings (SSSR count). The molecule has 0 unspecified atom stereocenters. The zero-order valence-corrected chi connectivity index (χ0v) is 10.0. The van der Waals surface area contributed by atoms with Crippen LogP contribution in [-0.4, -0.2) is 26.1 Å². The average molecular weight is 244 g/mol. The van der Waals surface area contributed by atoms with Gasteiger partial charge in [-0.2, -0.15) is 0 Å². The zero-order chi connectivity index (χ0) is 13.1. The van der Waals surface area contributed by atoms with Crippen LogP contribution in [0, 0.1) is 13.8 Å². The lowest BCUT2D eigenvalue weighted by Crippen LogP contribution is -2.16. The Kier molecular flexibility index (Phi) is 3.13. The SMILES string of the molecule is Cc1cc(Nc2cc(C)c(C(N)=O)nn2)ncn1. The van der Waals surface area contributed by atoms with Crippen molar-refractivity contribution in [3.8, 4) is 0 Å². The molecule has 0 aliphatic carbocycles. The van der Waals surface area contributed by atoms with E-state index in [-0.39, 0.29) is 5.69 Å². The predicted octanol–water partition coefficient (Wildman–Crippen LogP) is 0.726. The molecule has 92 valence electrons. The predicted molar refractivity (Wildman–Crippen MR) is 65.3 cm³/mol. The van der Waals surface area contributed by atoms with Gasteiger partial charge in [-0.3, -0.25) is 4.79 Å². The van der Waals surface area contributed by atoms with E-state index in [1.54, 1.807) is 19.1 Å². The smallest absolute Gasteiger partial charge is 0.269 e. The number of carbonyl (C=O) groups excluding carboxylic acids is 1. The number of nitrogens with one attached hydrogen (secondary N) is 1. The van der Waals surface area contributed by atoms with E-state index < -0.39 is 5.91 Å². The number of primary amides is 1. The molecule has 7 heteroatoms. The molecule has 0 spiro atoms. The van der Waals surface area contributed by atoms with Crippen LogP contribution in [0.25, 0.3) is 0 Å². The Morgan fingerprint density at radius 1 is 1.17 bits per heavy atom. The molecule has 2 aromatic heterocycles. The van der Waals surface area contributed by atoms with Gasteiger partial charge in [-0.25, -0.2) is 9.97 Å². The van der Waals surface area contributed by atoms with Crippen molar-refractivity contribution in [1.82, 2.24) is 20.2 Å². The van der Waals surface area contributed by atoms with Crippen LogP contribution in [0.5, 0.6) is 0 Å². The first-order valence-electron chi connectivity index (χ1n) is 5.26. The van der Waals surface area contributed by atoms with Crippen molar-refractivity contribution in [3.63, 3.8) is 0 Å². The number of rotatable bonds is 3. The minimum Gasteiger partial charge on any atom is -0.364 e. The van der Waals surface area contributed by atoms with Crippen LogP contribution in [0.4, 0.5) is 11.6 Å². The minimum absolute atomic E-state index is 0.166. The van der Waals surface area contributed by atoms with E-state index in [1.165, 1.54) is 6.33 Å². The number of anilines is 2. The number of nitrogens with zero attached hydrogens (tertiary/aromatic N) is 4. The summed E-state index contributed by atoms with van der Waals surface area (Å²) in [4.78, 5) is 19.0. The topological polar surface area (TPSA) is 107 Å². The monoisotopic (exact) mass is 244 g/mol. The quantitative estimate of drug-likeness (QED) is 0.824. The normalized spacial score (nSPS) is 10.1. The Hall–Kier alpha value is -2.57. The lowest BCUT2D eigenvalue weighted by molar-refractivity contribution is 0.0994. The molecule has 18 heavy (non-hydrogen) atoms. The van der Waals surface area contributed by atoms with Crippen molar-refractivity contribution in [2.24, 2.45) is 5.73 Å². The standard InChI is InChI=1S/C11H12N6O/c1-6-3-9(16-17-10(6)11(12)18)15-8-4-7(2)13-5-14-8/h3-5H,1-2H3,(H2,12,18)(H,13,14,15,16). The van der Waals surface area contributed by atoms with Crippen LogP contribution in [0.15, 0.2) is 18.5 Å². The number of hydrogen-bond donors (Lipinski definition) is 2. The van der Waals surface area contributed by atoms with E-state index in [4.69, 9.17) is 5.73 Å². The van der Waals surface area contributed by atoms with Crippen molar-refractivity contribution in [2.75, 3.05) is 5.32 Å². The molecule has 1 amide bonds. The third-order valence-corrected chi connectivity index (χ3v) is 2.28. The molecule has 2 heterocycles. The van der Waals surface area contributed by atoms with Gasteiger partial charge in [-0.15, -0.1) is 10.2 Å². The summed E-state index contributed by atoms with van der Waals surface area (Å²) in [7, 11) is 0. The second-order valence-electron chi connectivity index (χ2n) is 3.80. The molecule has 0 saturated carbocycles. The molecular weight excluding hydrogens is 232 g/mol. The van der Waals surface area contributed by atoms with E-state index in [0.717, 1.165) is 5.69 Å². The van der Waals surface area contributed by atoms with Crippen molar-refractivity contribution >= 4 is 17.5 Å². The zero-order valence-electron chi connectivity index (χ0n) is 10.0. The summed E-state index contributed by atoms with van der Waals surface area (Å²) in [5, 5.41) is 10.6. The number of carbonyl (C=O) groups is 1. The summed E-state index contributed by atoms with van der Waals surface area (Å²) in [5.74, 6) is 0.517. The summed E-state index contributed by atoms with van der Waals surface area (Å²) in [6, 6.07) is 3.46. The number of aryl methyl sites for hydroxylation is 2. The molecule has 0 aromatic carbocycles. The van der Waals surface area contributed by atoms with Gasteiger partial charge < -0.3 is 11.1 Å². The fourth-order valence-corrected chi connectivity index (χ4v) is 1.44. The Balaban J connectivity index is 2.25. The number of aromatic nitrogens is 4. The average Bonchev–Trinajstić information content (AvgIpc) is 2.28. The van der Waals surface area contributed by atoms with E-state index >= 15 is 0 Å². The van der Waals surface area contributed by atoms with E-state index in [9.17, 15) is 4.79 Å². The fraction of sp³-hybridized carbons (Fsp3) is 0.182. The minimum atomic E-state index is -0.593. The van der Waals surface area contributed by atoms with Crippen LogP contribution in [0.1, 0.15) is 21.7 Å². The molecule has 0 saturated heterocycles. The lowest BCUT2D eigenvalue weighted by Gasteiger charge is -2.06. The van der Waals surface area contributed by atoms with Gasteiger partial charge >= 0.3 is 0 Å². The second-order valence-corrected chi connectivity index (χ2v) is 3.80. The summed E-state index contributed by atoms with van der Waals surface area (Å²) >= 11 is 0. The number of amides is 1. The van der Waals surface area contributed by atoms with Gasteiger partial charge in [-0.1, -0.05) is 0 Å². The lowest BCUT2D eigenvalue weighted by atomic mass is 10.2. The molecule has 0 bridgehead atoms. The molecule has 0 aliphatic rings. The van der Waals surface area contributed by atoms with Crippen LogP contribution < -0.4 is 11.1 Å². The summed E-state index contributed by atoms with van der Waals surface area (Å²) in [6.07, 6.45) is 1.45. The Morgan fingerprint density at radius 3 is 2.56 bits per heavy atom. The highest BCUT2D eigenvalue weighted by atomic mass is 16.1. The maximum absolute atomic E-state index is 11.0. The van der Waals surface area contributed by atoms with Gasteiger partial charge in [0.25, 0.3) is 5.91 Å². The van der Waals surface area contributed by atoms with Crippen LogP contribution in [-0.2, 0) is 0 Å². The first-order valence-corrected chi connectivity index (χ1v) is 5.26. The van der Waals surface area contributed by atoms with Gasteiger partial charge in [0.15, 0.2) is 11.5 Å². The molecule has 3 N–H and O–H groups in total. The largest absolute Gasteiger partial charge is 0.364 e. The molecule has 0 atom stereocenters. The highest BCUT2D eigenvalue weighted by Crippen LogP contribution is 2.13.